The van der Waals surface area contributed by atoms with E-state index in [4.69, 9.17) is 0 Å². The van der Waals surface area contributed by atoms with Crippen LogP contribution in [0.15, 0.2) is 72.9 Å². The molecule has 0 amide bonds. The van der Waals surface area contributed by atoms with E-state index in [1.807, 2.05) is 42.5 Å². The Morgan fingerprint density at radius 3 is 1.73 bits per heavy atom. The van der Waals surface area contributed by atoms with Crippen LogP contribution in [0.1, 0.15) is 27.1 Å². The number of allylic oxidation sites excluding steroid dienone is 1. The van der Waals surface area contributed by atoms with E-state index in [9.17, 15) is 9.59 Å². The minimum absolute atomic E-state index is 0.126. The molecule has 0 bridgehead atoms. The quantitative estimate of drug-likeness (QED) is 0.695. The maximum Gasteiger partial charge on any atom is 0.178 e. The van der Waals surface area contributed by atoms with Crippen LogP contribution in [-0.4, -0.2) is 18.1 Å². The monoisotopic (exact) mass is 291 g/mol. The standard InChI is InChI=1S/C19H17NO2/c21-17(15-8-3-1-4-9-15)19(12-7-13-20-14-19)18(22)16-10-5-2-6-11-16/h1-11,13,20H,12,14H2. The largest absolute Gasteiger partial charge is 0.390 e. The van der Waals surface area contributed by atoms with Crippen molar-refractivity contribution in [2.75, 3.05) is 6.54 Å². The van der Waals surface area contributed by atoms with Gasteiger partial charge in [0, 0.05) is 17.7 Å². The zero-order valence-corrected chi connectivity index (χ0v) is 12.2. The number of hydrogen-bond acceptors (Lipinski definition) is 3. The van der Waals surface area contributed by atoms with Gasteiger partial charge in [0.05, 0.1) is 0 Å². The van der Waals surface area contributed by atoms with Crippen LogP contribution in [0.5, 0.6) is 0 Å². The highest BCUT2D eigenvalue weighted by Crippen LogP contribution is 2.33. The first kappa shape index (κ1) is 14.3. The molecule has 1 heterocycles. The molecule has 22 heavy (non-hydrogen) atoms. The predicted octanol–water partition coefficient (Wildman–Crippen LogP) is 3.25. The van der Waals surface area contributed by atoms with Crippen LogP contribution in [0.2, 0.25) is 0 Å². The van der Waals surface area contributed by atoms with Gasteiger partial charge in [-0.05, 0) is 12.6 Å². The van der Waals surface area contributed by atoms with Gasteiger partial charge >= 0.3 is 0 Å². The number of hydrogen-bond donors (Lipinski definition) is 1. The van der Waals surface area contributed by atoms with Gasteiger partial charge in [-0.3, -0.25) is 9.59 Å². The Morgan fingerprint density at radius 2 is 1.32 bits per heavy atom. The van der Waals surface area contributed by atoms with Crippen molar-refractivity contribution in [1.29, 1.82) is 0 Å². The lowest BCUT2D eigenvalue weighted by Crippen LogP contribution is -2.47. The number of benzene rings is 2. The van der Waals surface area contributed by atoms with E-state index in [0.29, 0.717) is 24.1 Å². The fourth-order valence-electron chi connectivity index (χ4n) is 2.83. The van der Waals surface area contributed by atoms with Crippen molar-refractivity contribution in [3.8, 4) is 0 Å². The van der Waals surface area contributed by atoms with Crippen LogP contribution in [0.4, 0.5) is 0 Å². The first-order valence-electron chi connectivity index (χ1n) is 7.32. The molecule has 0 aliphatic carbocycles. The molecule has 3 rings (SSSR count). The molecule has 0 fully saturated rings. The molecule has 0 spiro atoms. The minimum Gasteiger partial charge on any atom is -0.390 e. The second kappa shape index (κ2) is 5.98. The third kappa shape index (κ3) is 2.46. The summed E-state index contributed by atoms with van der Waals surface area (Å²) in [6.45, 7) is 0.324. The van der Waals surface area contributed by atoms with E-state index in [-0.39, 0.29) is 11.6 Å². The number of carbonyl (C=O) groups is 2. The molecule has 0 radical (unpaired) electrons. The maximum atomic E-state index is 13.0. The van der Waals surface area contributed by atoms with Crippen molar-refractivity contribution in [2.45, 2.75) is 6.42 Å². The van der Waals surface area contributed by atoms with Crippen molar-refractivity contribution in [1.82, 2.24) is 5.32 Å². The Balaban J connectivity index is 2.04. The summed E-state index contributed by atoms with van der Waals surface area (Å²) in [6.07, 6.45) is 4.07. The second-order valence-corrected chi connectivity index (χ2v) is 5.46. The van der Waals surface area contributed by atoms with Gasteiger partial charge in [-0.1, -0.05) is 66.7 Å². The van der Waals surface area contributed by atoms with Crippen LogP contribution < -0.4 is 5.32 Å². The van der Waals surface area contributed by atoms with Crippen molar-refractivity contribution in [3.05, 3.63) is 84.1 Å². The highest BCUT2D eigenvalue weighted by atomic mass is 16.2. The molecule has 2 aromatic carbocycles. The van der Waals surface area contributed by atoms with Crippen LogP contribution in [0.25, 0.3) is 0 Å². The number of rotatable bonds is 4. The Bertz CT molecular complexity index is 653. The lowest BCUT2D eigenvalue weighted by molar-refractivity contribution is 0.0661. The van der Waals surface area contributed by atoms with E-state index in [1.54, 1.807) is 30.5 Å². The van der Waals surface area contributed by atoms with Crippen molar-refractivity contribution in [2.24, 2.45) is 5.41 Å². The molecular weight excluding hydrogens is 274 g/mol. The van der Waals surface area contributed by atoms with Crippen LogP contribution in [-0.2, 0) is 0 Å². The number of ketones is 2. The van der Waals surface area contributed by atoms with Crippen molar-refractivity contribution >= 4 is 11.6 Å². The molecule has 0 aromatic heterocycles. The summed E-state index contributed by atoms with van der Waals surface area (Å²) in [5.41, 5.74) is 0.0741. The topological polar surface area (TPSA) is 46.2 Å². The molecule has 110 valence electrons. The summed E-state index contributed by atoms with van der Waals surface area (Å²) >= 11 is 0. The van der Waals surface area contributed by atoms with Gasteiger partial charge < -0.3 is 5.32 Å². The highest BCUT2D eigenvalue weighted by molar-refractivity contribution is 6.20. The first-order valence-corrected chi connectivity index (χ1v) is 7.32. The second-order valence-electron chi connectivity index (χ2n) is 5.46. The molecule has 0 unspecified atom stereocenters. The van der Waals surface area contributed by atoms with Gasteiger partial charge in [-0.25, -0.2) is 0 Å². The molecule has 0 saturated heterocycles. The number of nitrogens with one attached hydrogen (secondary N) is 1. The first-order chi connectivity index (χ1) is 10.7. The average molecular weight is 291 g/mol. The molecule has 1 aliphatic rings. The lowest BCUT2D eigenvalue weighted by atomic mass is 9.71. The third-order valence-corrected chi connectivity index (χ3v) is 4.05. The number of Topliss-reactive ketones (excluding diaryl/α,β-unsaturated/α-hetero) is 2. The van der Waals surface area contributed by atoms with Crippen LogP contribution in [0, 0.1) is 5.41 Å². The normalized spacial score (nSPS) is 15.8. The van der Waals surface area contributed by atoms with Crippen LogP contribution in [0.3, 0.4) is 0 Å². The third-order valence-electron chi connectivity index (χ3n) is 4.05. The Hall–Kier alpha value is -2.68. The zero-order chi connectivity index (χ0) is 15.4. The van der Waals surface area contributed by atoms with E-state index in [0.717, 1.165) is 0 Å². The summed E-state index contributed by atoms with van der Waals surface area (Å²) in [7, 11) is 0. The molecule has 1 N–H and O–H groups in total. The van der Waals surface area contributed by atoms with E-state index < -0.39 is 5.41 Å². The smallest absolute Gasteiger partial charge is 0.178 e. The molecular formula is C19H17NO2. The minimum atomic E-state index is -1.07. The SMILES string of the molecule is O=C(c1ccccc1)C1(C(=O)c2ccccc2)CC=CNC1. The Labute approximate surface area is 129 Å². The average Bonchev–Trinajstić information content (AvgIpc) is 2.62. The maximum absolute atomic E-state index is 13.0. The summed E-state index contributed by atoms with van der Waals surface area (Å²) in [5.74, 6) is -0.252. The summed E-state index contributed by atoms with van der Waals surface area (Å²) in [5, 5.41) is 3.05. The summed E-state index contributed by atoms with van der Waals surface area (Å²) < 4.78 is 0. The molecule has 1 aliphatic heterocycles. The summed E-state index contributed by atoms with van der Waals surface area (Å²) in [4.78, 5) is 26.1. The van der Waals surface area contributed by atoms with Crippen LogP contribution >= 0.6 is 0 Å². The molecule has 2 aromatic rings. The van der Waals surface area contributed by atoms with Gasteiger partial charge in [0.1, 0.15) is 5.41 Å². The molecule has 3 nitrogen and oxygen atoms in total. The van der Waals surface area contributed by atoms with E-state index >= 15 is 0 Å². The van der Waals surface area contributed by atoms with E-state index in [2.05, 4.69) is 5.32 Å². The molecule has 0 saturated carbocycles. The summed E-state index contributed by atoms with van der Waals surface area (Å²) in [6, 6.07) is 18.1. The predicted molar refractivity (Wildman–Crippen MR) is 85.7 cm³/mol. The van der Waals surface area contributed by atoms with E-state index in [1.165, 1.54) is 0 Å². The molecule has 3 heteroatoms. The van der Waals surface area contributed by atoms with Gasteiger partial charge in [-0.15, -0.1) is 0 Å². The fourth-order valence-corrected chi connectivity index (χ4v) is 2.83. The zero-order valence-electron chi connectivity index (χ0n) is 12.2. The molecule has 0 atom stereocenters. The fraction of sp³-hybridized carbons (Fsp3) is 0.158. The van der Waals surface area contributed by atoms with Gasteiger partial charge in [0.25, 0.3) is 0 Å². The Kier molecular flexibility index (Phi) is 3.88. The van der Waals surface area contributed by atoms with Gasteiger partial charge in [0.2, 0.25) is 0 Å². The number of carbonyl (C=O) groups excluding carboxylic acids is 2. The lowest BCUT2D eigenvalue weighted by Gasteiger charge is -2.32. The van der Waals surface area contributed by atoms with Gasteiger partial charge in [0.15, 0.2) is 11.6 Å². The van der Waals surface area contributed by atoms with Gasteiger partial charge in [-0.2, -0.15) is 0 Å². The van der Waals surface area contributed by atoms with Crippen molar-refractivity contribution < 1.29 is 9.59 Å². The Morgan fingerprint density at radius 1 is 0.818 bits per heavy atom. The highest BCUT2D eigenvalue weighted by Gasteiger charge is 2.45. The van der Waals surface area contributed by atoms with Crippen molar-refractivity contribution in [3.63, 3.8) is 0 Å².